The van der Waals surface area contributed by atoms with Crippen LogP contribution in [0.4, 0.5) is 0 Å². The first-order valence-electron chi connectivity index (χ1n) is 3.50. The van der Waals surface area contributed by atoms with Crippen molar-refractivity contribution in [2.45, 2.75) is 6.92 Å². The number of carboxylic acids is 1. The van der Waals surface area contributed by atoms with Crippen molar-refractivity contribution in [2.75, 3.05) is 0 Å². The lowest BCUT2D eigenvalue weighted by Gasteiger charge is -1.95. The molecule has 0 aliphatic rings. The van der Waals surface area contributed by atoms with Gasteiger partial charge in [0.05, 0.1) is 5.56 Å². The Morgan fingerprint density at radius 2 is 2.00 bits per heavy atom. The number of pyridine rings is 1. The van der Waals surface area contributed by atoms with Gasteiger partial charge in [0.2, 0.25) is 0 Å². The molecule has 0 atom stereocenters. The van der Waals surface area contributed by atoms with Gasteiger partial charge in [0, 0.05) is 0 Å². The predicted molar refractivity (Wildman–Crippen MR) is 44.0 cm³/mol. The summed E-state index contributed by atoms with van der Waals surface area (Å²) in [7, 11) is 0. The molecule has 0 aliphatic carbocycles. The molecule has 5 nitrogen and oxygen atoms in total. The van der Waals surface area contributed by atoms with Crippen LogP contribution < -0.4 is 5.56 Å². The van der Waals surface area contributed by atoms with Crippen molar-refractivity contribution in [3.8, 4) is 0 Å². The van der Waals surface area contributed by atoms with Gasteiger partial charge < -0.3 is 10.1 Å². The summed E-state index contributed by atoms with van der Waals surface area (Å²) in [6.07, 6.45) is 0. The predicted octanol–water partition coefficient (Wildman–Crippen LogP) is 0.276. The average molecular weight is 181 g/mol. The summed E-state index contributed by atoms with van der Waals surface area (Å²) in [5.74, 6) is -1.62. The third-order valence-corrected chi connectivity index (χ3v) is 1.52. The van der Waals surface area contributed by atoms with Crippen LogP contribution in [0.15, 0.2) is 16.9 Å². The summed E-state index contributed by atoms with van der Waals surface area (Å²) in [6, 6.07) is 2.38. The number of H-pyrrole nitrogens is 1. The fourth-order valence-corrected chi connectivity index (χ4v) is 0.876. The second-order valence-corrected chi connectivity index (χ2v) is 2.48. The standard InChI is InChI=1S/C8H7NO4/c1-4(10)5-2-3-6(8(12)13)9-7(5)11/h2-3H,1H3,(H,9,11)(H,12,13). The van der Waals surface area contributed by atoms with Crippen molar-refractivity contribution in [1.82, 2.24) is 4.98 Å². The van der Waals surface area contributed by atoms with E-state index in [-0.39, 0.29) is 11.3 Å². The molecule has 0 fully saturated rings. The zero-order valence-corrected chi connectivity index (χ0v) is 6.83. The molecule has 0 aromatic carbocycles. The van der Waals surface area contributed by atoms with Gasteiger partial charge in [0.25, 0.3) is 5.56 Å². The average Bonchev–Trinajstić information content (AvgIpc) is 2.03. The van der Waals surface area contributed by atoms with E-state index in [4.69, 9.17) is 5.11 Å². The van der Waals surface area contributed by atoms with Crippen molar-refractivity contribution in [3.05, 3.63) is 33.7 Å². The lowest BCUT2D eigenvalue weighted by Crippen LogP contribution is -2.18. The number of aromatic carboxylic acids is 1. The van der Waals surface area contributed by atoms with Crippen molar-refractivity contribution in [3.63, 3.8) is 0 Å². The summed E-state index contributed by atoms with van der Waals surface area (Å²) in [4.78, 5) is 34.3. The Bertz CT molecular complexity index is 418. The van der Waals surface area contributed by atoms with Crippen LogP contribution in [0.5, 0.6) is 0 Å². The van der Waals surface area contributed by atoms with Crippen molar-refractivity contribution in [2.24, 2.45) is 0 Å². The second kappa shape index (κ2) is 3.22. The van der Waals surface area contributed by atoms with E-state index in [1.165, 1.54) is 19.1 Å². The number of rotatable bonds is 2. The van der Waals surface area contributed by atoms with Crippen LogP contribution in [0.1, 0.15) is 27.8 Å². The van der Waals surface area contributed by atoms with Crippen LogP contribution in [-0.4, -0.2) is 21.8 Å². The number of nitrogens with one attached hydrogen (secondary N) is 1. The van der Waals surface area contributed by atoms with Gasteiger partial charge in [-0.3, -0.25) is 9.59 Å². The van der Waals surface area contributed by atoms with Gasteiger partial charge in [-0.25, -0.2) is 4.79 Å². The Labute approximate surface area is 73.0 Å². The Balaban J connectivity index is 3.29. The smallest absolute Gasteiger partial charge is 0.352 e. The fourth-order valence-electron chi connectivity index (χ4n) is 0.876. The third kappa shape index (κ3) is 1.81. The van der Waals surface area contributed by atoms with Gasteiger partial charge in [-0.1, -0.05) is 0 Å². The van der Waals surface area contributed by atoms with E-state index in [0.29, 0.717) is 0 Å². The van der Waals surface area contributed by atoms with E-state index in [1.807, 2.05) is 0 Å². The van der Waals surface area contributed by atoms with E-state index in [0.717, 1.165) is 0 Å². The molecule has 0 unspecified atom stereocenters. The second-order valence-electron chi connectivity index (χ2n) is 2.48. The lowest BCUT2D eigenvalue weighted by atomic mass is 10.2. The number of aromatic nitrogens is 1. The molecule has 1 rings (SSSR count). The monoisotopic (exact) mass is 181 g/mol. The van der Waals surface area contributed by atoms with Crippen LogP contribution in [-0.2, 0) is 0 Å². The molecule has 0 amide bonds. The van der Waals surface area contributed by atoms with Crippen LogP contribution >= 0.6 is 0 Å². The van der Waals surface area contributed by atoms with E-state index in [9.17, 15) is 14.4 Å². The molecule has 0 bridgehead atoms. The first-order chi connectivity index (χ1) is 6.02. The molecule has 1 heterocycles. The number of hydrogen-bond acceptors (Lipinski definition) is 3. The van der Waals surface area contributed by atoms with Crippen LogP contribution in [0.25, 0.3) is 0 Å². The highest BCUT2D eigenvalue weighted by atomic mass is 16.4. The normalized spacial score (nSPS) is 9.62. The third-order valence-electron chi connectivity index (χ3n) is 1.52. The number of aromatic amines is 1. The Morgan fingerprint density at radius 3 is 2.38 bits per heavy atom. The molecule has 0 aliphatic heterocycles. The maximum absolute atomic E-state index is 11.0. The van der Waals surface area contributed by atoms with Gasteiger partial charge in [-0.2, -0.15) is 0 Å². The summed E-state index contributed by atoms with van der Waals surface area (Å²) in [6.45, 7) is 1.24. The Hall–Kier alpha value is -1.91. The minimum absolute atomic E-state index is 0.0370. The zero-order chi connectivity index (χ0) is 10.0. The number of carbonyl (C=O) groups excluding carboxylic acids is 1. The topological polar surface area (TPSA) is 87.2 Å². The van der Waals surface area contributed by atoms with Crippen LogP contribution in [0.2, 0.25) is 0 Å². The van der Waals surface area contributed by atoms with Gasteiger partial charge in [-0.15, -0.1) is 0 Å². The highest BCUT2D eigenvalue weighted by Crippen LogP contribution is 1.95. The molecule has 0 saturated heterocycles. The highest BCUT2D eigenvalue weighted by Gasteiger charge is 2.08. The number of hydrogen-bond donors (Lipinski definition) is 2. The Kier molecular flexibility index (Phi) is 2.27. The van der Waals surface area contributed by atoms with E-state index >= 15 is 0 Å². The first kappa shape index (κ1) is 9.18. The molecule has 68 valence electrons. The van der Waals surface area contributed by atoms with Crippen molar-refractivity contribution >= 4 is 11.8 Å². The molecule has 0 saturated carbocycles. The number of ketones is 1. The van der Waals surface area contributed by atoms with Gasteiger partial charge in [0.1, 0.15) is 5.69 Å². The van der Waals surface area contributed by atoms with Crippen molar-refractivity contribution < 1.29 is 14.7 Å². The minimum atomic E-state index is -1.23. The minimum Gasteiger partial charge on any atom is -0.477 e. The van der Waals surface area contributed by atoms with Gasteiger partial charge in [-0.05, 0) is 19.1 Å². The zero-order valence-electron chi connectivity index (χ0n) is 6.83. The molecule has 13 heavy (non-hydrogen) atoms. The summed E-state index contributed by atoms with van der Waals surface area (Å²) < 4.78 is 0. The molecule has 1 aromatic rings. The summed E-state index contributed by atoms with van der Waals surface area (Å²) in [5.41, 5.74) is -0.938. The molecule has 0 spiro atoms. The summed E-state index contributed by atoms with van der Waals surface area (Å²) >= 11 is 0. The van der Waals surface area contributed by atoms with E-state index in [2.05, 4.69) is 4.98 Å². The molecular weight excluding hydrogens is 174 g/mol. The number of Topliss-reactive ketones (excluding diaryl/α,β-unsaturated/α-hetero) is 1. The maximum atomic E-state index is 11.0. The van der Waals surface area contributed by atoms with Gasteiger partial charge >= 0.3 is 5.97 Å². The van der Waals surface area contributed by atoms with E-state index in [1.54, 1.807) is 0 Å². The maximum Gasteiger partial charge on any atom is 0.352 e. The quantitative estimate of drug-likeness (QED) is 0.641. The summed E-state index contributed by atoms with van der Waals surface area (Å²) in [5, 5.41) is 8.48. The Morgan fingerprint density at radius 1 is 1.38 bits per heavy atom. The van der Waals surface area contributed by atoms with Crippen LogP contribution in [0.3, 0.4) is 0 Å². The van der Waals surface area contributed by atoms with Gasteiger partial charge in [0.15, 0.2) is 5.78 Å². The van der Waals surface area contributed by atoms with Crippen molar-refractivity contribution in [1.29, 1.82) is 0 Å². The van der Waals surface area contributed by atoms with E-state index < -0.39 is 17.3 Å². The molecule has 2 N–H and O–H groups in total. The molecule has 1 aromatic heterocycles. The molecule has 5 heteroatoms. The fraction of sp³-hybridized carbons (Fsp3) is 0.125. The lowest BCUT2D eigenvalue weighted by molar-refractivity contribution is 0.0689. The molecular formula is C8H7NO4. The number of carboxylic acid groups (broad SMARTS) is 1. The first-order valence-corrected chi connectivity index (χ1v) is 3.50. The highest BCUT2D eigenvalue weighted by molar-refractivity contribution is 5.94. The largest absolute Gasteiger partial charge is 0.477 e. The molecule has 0 radical (unpaired) electrons. The van der Waals surface area contributed by atoms with Crippen LogP contribution in [0, 0.1) is 0 Å². The number of carbonyl (C=O) groups is 2. The SMILES string of the molecule is CC(=O)c1ccc(C(=O)O)[nH]c1=O.